The quantitative estimate of drug-likeness (QED) is 0.889. The molecule has 2 N–H and O–H groups in total. The molecule has 1 aliphatic carbocycles. The first kappa shape index (κ1) is 12.6. The zero-order chi connectivity index (χ0) is 12.6. The molecule has 2 unspecified atom stereocenters. The summed E-state index contributed by atoms with van der Waals surface area (Å²) in [7, 11) is 0. The number of nitrogens with two attached hydrogens (primary N) is 1. The molecule has 2 heterocycles. The van der Waals surface area contributed by atoms with Crippen molar-refractivity contribution in [1.82, 2.24) is 4.90 Å². The molecule has 1 aliphatic heterocycles. The fourth-order valence-electron chi connectivity index (χ4n) is 3.73. The molecular formula is C15H24N2S. The van der Waals surface area contributed by atoms with Crippen molar-refractivity contribution < 1.29 is 0 Å². The van der Waals surface area contributed by atoms with E-state index in [1.807, 2.05) is 11.3 Å². The molecule has 0 spiro atoms. The van der Waals surface area contributed by atoms with Gasteiger partial charge in [0.25, 0.3) is 0 Å². The molecular weight excluding hydrogens is 240 g/mol. The monoisotopic (exact) mass is 264 g/mol. The summed E-state index contributed by atoms with van der Waals surface area (Å²) in [6.45, 7) is 5.76. The number of hydrogen-bond acceptors (Lipinski definition) is 3. The van der Waals surface area contributed by atoms with Crippen LogP contribution in [0.25, 0.3) is 0 Å². The Morgan fingerprint density at radius 3 is 3.28 bits per heavy atom. The van der Waals surface area contributed by atoms with E-state index in [2.05, 4.69) is 23.3 Å². The fraction of sp³-hybridized carbons (Fsp3) is 0.733. The van der Waals surface area contributed by atoms with Gasteiger partial charge in [0.05, 0.1) is 0 Å². The number of hydrogen-bond donors (Lipinski definition) is 1. The van der Waals surface area contributed by atoms with Gasteiger partial charge in [-0.2, -0.15) is 0 Å². The second-order valence-electron chi connectivity index (χ2n) is 6.39. The predicted octanol–water partition coefficient (Wildman–Crippen LogP) is 3.01. The maximum absolute atomic E-state index is 6.64. The molecule has 0 aromatic carbocycles. The zero-order valence-electron chi connectivity index (χ0n) is 11.3. The van der Waals surface area contributed by atoms with Gasteiger partial charge in [0, 0.05) is 30.1 Å². The standard InChI is InChI=1S/C15H24N2S/c1-12-3-2-6-15(16,9-12)11-17-7-4-14-13(10-17)5-8-18-14/h5,8,12H,2-4,6-7,9-11,16H2,1H3. The van der Waals surface area contributed by atoms with Gasteiger partial charge in [0.15, 0.2) is 0 Å². The summed E-state index contributed by atoms with van der Waals surface area (Å²) in [6.07, 6.45) is 6.33. The minimum atomic E-state index is 0.0746. The summed E-state index contributed by atoms with van der Waals surface area (Å²) in [5.41, 5.74) is 8.25. The molecule has 0 amide bonds. The van der Waals surface area contributed by atoms with Crippen molar-refractivity contribution in [2.24, 2.45) is 11.7 Å². The lowest BCUT2D eigenvalue weighted by Crippen LogP contribution is -2.53. The van der Waals surface area contributed by atoms with Crippen LogP contribution in [0, 0.1) is 5.92 Å². The van der Waals surface area contributed by atoms with Crippen LogP contribution in [-0.4, -0.2) is 23.5 Å². The molecule has 18 heavy (non-hydrogen) atoms. The second kappa shape index (κ2) is 4.95. The van der Waals surface area contributed by atoms with Crippen LogP contribution in [0.4, 0.5) is 0 Å². The lowest BCUT2D eigenvalue weighted by Gasteiger charge is -2.41. The average molecular weight is 264 g/mol. The van der Waals surface area contributed by atoms with E-state index in [1.54, 1.807) is 10.4 Å². The highest BCUT2D eigenvalue weighted by Crippen LogP contribution is 2.32. The van der Waals surface area contributed by atoms with Gasteiger partial charge in [-0.25, -0.2) is 0 Å². The van der Waals surface area contributed by atoms with Gasteiger partial charge in [0.1, 0.15) is 0 Å². The van der Waals surface area contributed by atoms with Crippen molar-refractivity contribution in [1.29, 1.82) is 0 Å². The van der Waals surface area contributed by atoms with Crippen LogP contribution in [-0.2, 0) is 13.0 Å². The number of fused-ring (bicyclic) bond motifs is 1. The summed E-state index contributed by atoms with van der Waals surface area (Å²) in [5.74, 6) is 0.810. The maximum atomic E-state index is 6.64. The molecule has 3 rings (SSSR count). The largest absolute Gasteiger partial charge is 0.324 e. The first-order chi connectivity index (χ1) is 8.65. The van der Waals surface area contributed by atoms with Crippen LogP contribution < -0.4 is 5.73 Å². The van der Waals surface area contributed by atoms with Crippen molar-refractivity contribution >= 4 is 11.3 Å². The summed E-state index contributed by atoms with van der Waals surface area (Å²) >= 11 is 1.92. The summed E-state index contributed by atoms with van der Waals surface area (Å²) in [5, 5.41) is 2.23. The molecule has 2 atom stereocenters. The highest BCUT2D eigenvalue weighted by Gasteiger charge is 2.33. The Labute approximate surface area is 114 Å². The van der Waals surface area contributed by atoms with Crippen LogP contribution in [0.15, 0.2) is 11.4 Å². The van der Waals surface area contributed by atoms with Crippen LogP contribution in [0.5, 0.6) is 0 Å². The molecule has 0 saturated heterocycles. The average Bonchev–Trinajstić information content (AvgIpc) is 2.75. The smallest absolute Gasteiger partial charge is 0.0286 e. The van der Waals surface area contributed by atoms with E-state index in [1.165, 1.54) is 38.6 Å². The van der Waals surface area contributed by atoms with E-state index in [0.717, 1.165) is 19.0 Å². The van der Waals surface area contributed by atoms with Gasteiger partial charge in [-0.1, -0.05) is 19.8 Å². The summed E-state index contributed by atoms with van der Waals surface area (Å²) in [6, 6.07) is 2.29. The van der Waals surface area contributed by atoms with E-state index < -0.39 is 0 Å². The predicted molar refractivity (Wildman–Crippen MR) is 77.9 cm³/mol. The van der Waals surface area contributed by atoms with Crippen LogP contribution in [0.1, 0.15) is 43.0 Å². The third-order valence-electron chi connectivity index (χ3n) is 4.55. The Bertz CT molecular complexity index is 414. The van der Waals surface area contributed by atoms with E-state index in [0.29, 0.717) is 0 Å². The van der Waals surface area contributed by atoms with Gasteiger partial charge in [-0.15, -0.1) is 11.3 Å². The van der Waals surface area contributed by atoms with Crippen LogP contribution >= 0.6 is 11.3 Å². The number of rotatable bonds is 2. The lowest BCUT2D eigenvalue weighted by molar-refractivity contribution is 0.141. The van der Waals surface area contributed by atoms with Crippen molar-refractivity contribution in [3.05, 3.63) is 21.9 Å². The van der Waals surface area contributed by atoms with Crippen molar-refractivity contribution in [2.75, 3.05) is 13.1 Å². The molecule has 2 nitrogen and oxygen atoms in total. The Balaban J connectivity index is 1.63. The Hall–Kier alpha value is -0.380. The first-order valence-electron chi connectivity index (χ1n) is 7.21. The van der Waals surface area contributed by atoms with E-state index in [9.17, 15) is 0 Å². The van der Waals surface area contributed by atoms with Crippen LogP contribution in [0.2, 0.25) is 0 Å². The maximum Gasteiger partial charge on any atom is 0.0286 e. The Morgan fingerprint density at radius 1 is 1.56 bits per heavy atom. The van der Waals surface area contributed by atoms with Crippen molar-refractivity contribution in [3.63, 3.8) is 0 Å². The number of nitrogens with zero attached hydrogens (tertiary/aromatic N) is 1. The fourth-order valence-corrected chi connectivity index (χ4v) is 4.62. The van der Waals surface area contributed by atoms with Crippen LogP contribution in [0.3, 0.4) is 0 Å². The molecule has 0 radical (unpaired) electrons. The molecule has 1 saturated carbocycles. The topological polar surface area (TPSA) is 29.3 Å². The highest BCUT2D eigenvalue weighted by molar-refractivity contribution is 7.10. The molecule has 1 aromatic rings. The first-order valence-corrected chi connectivity index (χ1v) is 8.09. The Kier molecular flexibility index (Phi) is 3.48. The van der Waals surface area contributed by atoms with E-state index in [-0.39, 0.29) is 5.54 Å². The molecule has 1 fully saturated rings. The van der Waals surface area contributed by atoms with Gasteiger partial charge in [-0.05, 0) is 42.2 Å². The third kappa shape index (κ3) is 2.63. The minimum Gasteiger partial charge on any atom is -0.324 e. The molecule has 1 aromatic heterocycles. The highest BCUT2D eigenvalue weighted by atomic mass is 32.1. The van der Waals surface area contributed by atoms with Crippen molar-refractivity contribution in [3.8, 4) is 0 Å². The van der Waals surface area contributed by atoms with Crippen molar-refractivity contribution in [2.45, 2.75) is 51.1 Å². The normalized spacial score (nSPS) is 33.3. The second-order valence-corrected chi connectivity index (χ2v) is 7.39. The number of thiophene rings is 1. The molecule has 3 heteroatoms. The zero-order valence-corrected chi connectivity index (χ0v) is 12.1. The van der Waals surface area contributed by atoms with E-state index in [4.69, 9.17) is 5.73 Å². The van der Waals surface area contributed by atoms with E-state index >= 15 is 0 Å². The summed E-state index contributed by atoms with van der Waals surface area (Å²) < 4.78 is 0. The molecule has 0 bridgehead atoms. The summed E-state index contributed by atoms with van der Waals surface area (Å²) in [4.78, 5) is 4.17. The SMILES string of the molecule is CC1CCCC(N)(CN2CCc3sccc3C2)C1. The Morgan fingerprint density at radius 2 is 2.44 bits per heavy atom. The lowest BCUT2D eigenvalue weighted by atomic mass is 9.76. The molecule has 2 aliphatic rings. The minimum absolute atomic E-state index is 0.0746. The van der Waals surface area contributed by atoms with Gasteiger partial charge >= 0.3 is 0 Å². The van der Waals surface area contributed by atoms with Gasteiger partial charge < -0.3 is 5.73 Å². The third-order valence-corrected chi connectivity index (χ3v) is 5.57. The molecule has 100 valence electrons. The van der Waals surface area contributed by atoms with Gasteiger partial charge in [0.2, 0.25) is 0 Å². The van der Waals surface area contributed by atoms with Gasteiger partial charge in [-0.3, -0.25) is 4.90 Å².